The van der Waals surface area contributed by atoms with Crippen LogP contribution in [0.4, 0.5) is 4.79 Å². The topological polar surface area (TPSA) is 41.1 Å². The molecule has 0 unspecified atom stereocenters. The predicted octanol–water partition coefficient (Wildman–Crippen LogP) is 3.11. The lowest BCUT2D eigenvalue weighted by molar-refractivity contribution is 0.231. The van der Waals surface area contributed by atoms with Crippen LogP contribution >= 0.6 is 27.3 Å². The summed E-state index contributed by atoms with van der Waals surface area (Å²) in [5.41, 5.74) is -0.194. The number of nitrogens with one attached hydrogen (secondary N) is 2. The molecule has 2 amide bonds. The Kier molecular flexibility index (Phi) is 4.16. The van der Waals surface area contributed by atoms with Gasteiger partial charge in [-0.25, -0.2) is 4.79 Å². The van der Waals surface area contributed by atoms with Crippen LogP contribution in [-0.4, -0.2) is 11.6 Å². The maximum absolute atomic E-state index is 11.4. The first kappa shape index (κ1) is 12.5. The van der Waals surface area contributed by atoms with Gasteiger partial charge in [-0.05, 0) is 48.8 Å². The van der Waals surface area contributed by atoms with E-state index in [2.05, 4.69) is 26.6 Å². The number of rotatable bonds is 2. The van der Waals surface area contributed by atoms with Crippen LogP contribution in [0.25, 0.3) is 0 Å². The normalized spacial score (nSPS) is 11.2. The summed E-state index contributed by atoms with van der Waals surface area (Å²) in [6, 6.07) is 3.84. The number of carbonyl (C=O) groups is 1. The predicted molar refractivity (Wildman–Crippen MR) is 67.1 cm³/mol. The van der Waals surface area contributed by atoms with Gasteiger partial charge in [-0.15, -0.1) is 11.3 Å². The van der Waals surface area contributed by atoms with Crippen LogP contribution in [0.1, 0.15) is 25.6 Å². The summed E-state index contributed by atoms with van der Waals surface area (Å²) >= 11 is 5.00. The first-order valence-corrected chi connectivity index (χ1v) is 6.28. The SMILES string of the molecule is CC(C)(C)NC(=O)NCc1ccc(Br)s1. The summed E-state index contributed by atoms with van der Waals surface area (Å²) in [5.74, 6) is 0. The van der Waals surface area contributed by atoms with E-state index in [9.17, 15) is 4.79 Å². The molecular formula is C10H15BrN2OS. The summed E-state index contributed by atoms with van der Waals surface area (Å²) in [6.45, 7) is 6.43. The number of thiophene rings is 1. The molecule has 0 radical (unpaired) electrons. The van der Waals surface area contributed by atoms with Crippen molar-refractivity contribution in [2.75, 3.05) is 0 Å². The molecule has 3 nitrogen and oxygen atoms in total. The van der Waals surface area contributed by atoms with Crippen molar-refractivity contribution >= 4 is 33.3 Å². The Morgan fingerprint density at radius 3 is 2.60 bits per heavy atom. The van der Waals surface area contributed by atoms with Crippen molar-refractivity contribution in [2.24, 2.45) is 0 Å². The van der Waals surface area contributed by atoms with E-state index in [1.165, 1.54) is 0 Å². The first-order valence-electron chi connectivity index (χ1n) is 4.67. The van der Waals surface area contributed by atoms with Crippen molar-refractivity contribution in [2.45, 2.75) is 32.9 Å². The Balaban J connectivity index is 2.35. The van der Waals surface area contributed by atoms with Crippen LogP contribution in [0.2, 0.25) is 0 Å². The van der Waals surface area contributed by atoms with Gasteiger partial charge in [0.15, 0.2) is 0 Å². The number of hydrogen-bond acceptors (Lipinski definition) is 2. The third-order valence-electron chi connectivity index (χ3n) is 1.54. The lowest BCUT2D eigenvalue weighted by atomic mass is 10.1. The molecule has 15 heavy (non-hydrogen) atoms. The van der Waals surface area contributed by atoms with E-state index in [0.717, 1.165) is 8.66 Å². The molecule has 0 aliphatic rings. The van der Waals surface area contributed by atoms with Crippen molar-refractivity contribution in [3.05, 3.63) is 20.8 Å². The van der Waals surface area contributed by atoms with Crippen molar-refractivity contribution in [1.29, 1.82) is 0 Å². The van der Waals surface area contributed by atoms with Gasteiger partial charge in [0, 0.05) is 10.4 Å². The highest BCUT2D eigenvalue weighted by molar-refractivity contribution is 9.11. The minimum atomic E-state index is -0.194. The monoisotopic (exact) mass is 290 g/mol. The van der Waals surface area contributed by atoms with Crippen LogP contribution in [0, 0.1) is 0 Å². The lowest BCUT2D eigenvalue weighted by Crippen LogP contribution is -2.46. The standard InChI is InChI=1S/C10H15BrN2OS/c1-10(2,3)13-9(14)12-6-7-4-5-8(11)15-7/h4-5H,6H2,1-3H3,(H2,12,13,14). The Hall–Kier alpha value is -0.550. The van der Waals surface area contributed by atoms with E-state index in [1.807, 2.05) is 32.9 Å². The molecule has 0 aliphatic heterocycles. The minimum absolute atomic E-state index is 0.132. The van der Waals surface area contributed by atoms with Crippen molar-refractivity contribution in [3.8, 4) is 0 Å². The molecule has 1 rings (SSSR count). The Morgan fingerprint density at radius 2 is 2.13 bits per heavy atom. The highest BCUT2D eigenvalue weighted by atomic mass is 79.9. The summed E-state index contributed by atoms with van der Waals surface area (Å²) < 4.78 is 1.08. The van der Waals surface area contributed by atoms with E-state index < -0.39 is 0 Å². The van der Waals surface area contributed by atoms with Gasteiger partial charge in [0.25, 0.3) is 0 Å². The maximum Gasteiger partial charge on any atom is 0.315 e. The smallest absolute Gasteiger partial charge is 0.315 e. The molecule has 0 spiro atoms. The van der Waals surface area contributed by atoms with Gasteiger partial charge in [-0.2, -0.15) is 0 Å². The second-order valence-corrected chi connectivity index (χ2v) is 6.81. The van der Waals surface area contributed by atoms with Gasteiger partial charge in [0.1, 0.15) is 0 Å². The zero-order valence-electron chi connectivity index (χ0n) is 9.06. The minimum Gasteiger partial charge on any atom is -0.334 e. The Labute approximate surface area is 102 Å². The molecule has 1 aromatic rings. The molecular weight excluding hydrogens is 276 g/mol. The summed E-state index contributed by atoms with van der Waals surface area (Å²) in [6.07, 6.45) is 0. The molecule has 0 bridgehead atoms. The zero-order chi connectivity index (χ0) is 11.5. The van der Waals surface area contributed by atoms with Gasteiger partial charge >= 0.3 is 6.03 Å². The molecule has 0 aromatic carbocycles. The molecule has 1 aromatic heterocycles. The molecule has 84 valence electrons. The van der Waals surface area contributed by atoms with E-state index in [0.29, 0.717) is 6.54 Å². The molecule has 0 fully saturated rings. The highest BCUT2D eigenvalue weighted by Gasteiger charge is 2.12. The quantitative estimate of drug-likeness (QED) is 0.863. The number of halogens is 1. The largest absolute Gasteiger partial charge is 0.334 e. The molecule has 5 heteroatoms. The fourth-order valence-corrected chi connectivity index (χ4v) is 2.42. The van der Waals surface area contributed by atoms with Crippen LogP contribution in [0.15, 0.2) is 15.9 Å². The average Bonchev–Trinajstić information content (AvgIpc) is 2.45. The van der Waals surface area contributed by atoms with Gasteiger partial charge in [0.2, 0.25) is 0 Å². The molecule has 2 N–H and O–H groups in total. The van der Waals surface area contributed by atoms with Crippen LogP contribution in [0.5, 0.6) is 0 Å². The average molecular weight is 291 g/mol. The number of carbonyl (C=O) groups excluding carboxylic acids is 1. The first-order chi connectivity index (χ1) is 6.87. The Morgan fingerprint density at radius 1 is 1.47 bits per heavy atom. The molecule has 0 atom stereocenters. The fraction of sp³-hybridized carbons (Fsp3) is 0.500. The van der Waals surface area contributed by atoms with Gasteiger partial charge in [-0.1, -0.05) is 0 Å². The van der Waals surface area contributed by atoms with Gasteiger partial charge in [0.05, 0.1) is 10.3 Å². The highest BCUT2D eigenvalue weighted by Crippen LogP contribution is 2.21. The van der Waals surface area contributed by atoms with E-state index >= 15 is 0 Å². The second kappa shape index (κ2) is 4.99. The third kappa shape index (κ3) is 5.18. The van der Waals surface area contributed by atoms with E-state index in [-0.39, 0.29) is 11.6 Å². The fourth-order valence-electron chi connectivity index (χ4n) is 0.999. The molecule has 1 heterocycles. The van der Waals surface area contributed by atoms with E-state index in [1.54, 1.807) is 11.3 Å². The summed E-state index contributed by atoms with van der Waals surface area (Å²) in [4.78, 5) is 12.5. The summed E-state index contributed by atoms with van der Waals surface area (Å²) in [7, 11) is 0. The van der Waals surface area contributed by atoms with Crippen molar-refractivity contribution in [1.82, 2.24) is 10.6 Å². The van der Waals surface area contributed by atoms with Crippen molar-refractivity contribution in [3.63, 3.8) is 0 Å². The van der Waals surface area contributed by atoms with Gasteiger partial charge in [-0.3, -0.25) is 0 Å². The third-order valence-corrected chi connectivity index (χ3v) is 3.16. The molecule has 0 saturated heterocycles. The van der Waals surface area contributed by atoms with Crippen LogP contribution in [-0.2, 0) is 6.54 Å². The summed E-state index contributed by atoms with van der Waals surface area (Å²) in [5, 5.41) is 5.65. The number of amides is 2. The molecule has 0 saturated carbocycles. The zero-order valence-corrected chi connectivity index (χ0v) is 11.5. The maximum atomic E-state index is 11.4. The number of hydrogen-bond donors (Lipinski definition) is 2. The number of urea groups is 1. The molecule has 0 aliphatic carbocycles. The van der Waals surface area contributed by atoms with Gasteiger partial charge < -0.3 is 10.6 Å². The van der Waals surface area contributed by atoms with E-state index in [4.69, 9.17) is 0 Å². The lowest BCUT2D eigenvalue weighted by Gasteiger charge is -2.20. The van der Waals surface area contributed by atoms with Crippen molar-refractivity contribution < 1.29 is 4.79 Å². The van der Waals surface area contributed by atoms with Crippen LogP contribution in [0.3, 0.4) is 0 Å². The Bertz CT molecular complexity index is 343. The second-order valence-electron chi connectivity index (χ2n) is 4.26. The van der Waals surface area contributed by atoms with Crippen LogP contribution < -0.4 is 10.6 Å².